The Hall–Kier alpha value is -0.0800. The number of hydrogen-bond acceptors (Lipinski definition) is 0. The van der Waals surface area contributed by atoms with Gasteiger partial charge in [0.2, 0.25) is 0 Å². The van der Waals surface area contributed by atoms with Crippen molar-refractivity contribution in [2.75, 3.05) is 5.33 Å². The van der Waals surface area contributed by atoms with Gasteiger partial charge in [-0.3, -0.25) is 0 Å². The molecule has 1 aromatic rings. The predicted octanol–water partition coefficient (Wildman–Crippen LogP) is 4.17. The fraction of sp³-hybridized carbons (Fsp3) is 0.200. The molecule has 0 fully saturated rings. The first kappa shape index (κ1) is 10.0. The molecule has 0 aliphatic rings. The maximum Gasteiger partial charge on any atom is 0.0283 e. The largest absolute Gasteiger partial charge is 0.0944 e. The topological polar surface area (TPSA) is 0 Å². The van der Waals surface area contributed by atoms with E-state index in [0.717, 1.165) is 15.4 Å². The van der Waals surface area contributed by atoms with Gasteiger partial charge in [-0.05, 0) is 35.8 Å². The monoisotopic (exact) mass is 288 g/mol. The molecule has 0 N–H and O–H groups in total. The molecule has 0 aliphatic carbocycles. The molecule has 0 nitrogen and oxygen atoms in total. The van der Waals surface area contributed by atoms with Crippen LogP contribution in [0.1, 0.15) is 11.1 Å². The van der Waals surface area contributed by atoms with Gasteiger partial charge >= 0.3 is 0 Å². The number of rotatable bonds is 2. The van der Waals surface area contributed by atoms with Gasteiger partial charge in [0.25, 0.3) is 0 Å². The van der Waals surface area contributed by atoms with Gasteiger partial charge < -0.3 is 0 Å². The van der Waals surface area contributed by atoms with Crippen molar-refractivity contribution >= 4 is 37.4 Å². The van der Waals surface area contributed by atoms with Crippen LogP contribution in [0.15, 0.2) is 29.3 Å². The molecule has 2 heteroatoms. The van der Waals surface area contributed by atoms with Crippen molar-refractivity contribution in [3.05, 3.63) is 40.4 Å². The van der Waals surface area contributed by atoms with Gasteiger partial charge in [-0.25, -0.2) is 0 Å². The molecule has 64 valence electrons. The summed E-state index contributed by atoms with van der Waals surface area (Å²) in [5, 5.41) is 0.829. The summed E-state index contributed by atoms with van der Waals surface area (Å²) in [5.41, 5.74) is 3.61. The Bertz CT molecular complexity index is 303. The van der Waals surface area contributed by atoms with E-state index in [9.17, 15) is 0 Å². The van der Waals surface area contributed by atoms with Gasteiger partial charge in [-0.15, -0.1) is 0 Å². The number of halogens is 2. The lowest BCUT2D eigenvalue weighted by Gasteiger charge is -2.06. The summed E-state index contributed by atoms with van der Waals surface area (Å²) in [6, 6.07) is 6.22. The van der Waals surface area contributed by atoms with Gasteiger partial charge in [0.1, 0.15) is 0 Å². The van der Waals surface area contributed by atoms with Crippen LogP contribution < -0.4 is 0 Å². The first-order valence-corrected chi connectivity index (χ1v) is 5.57. The third-order valence-corrected chi connectivity index (χ3v) is 2.90. The Balaban J connectivity index is 3.09. The second-order valence-electron chi connectivity index (χ2n) is 2.70. The van der Waals surface area contributed by atoms with E-state index in [4.69, 9.17) is 0 Å². The molecule has 0 heterocycles. The number of hydrogen-bond donors (Lipinski definition) is 0. The molecule has 12 heavy (non-hydrogen) atoms. The minimum absolute atomic E-state index is 0.829. The quantitative estimate of drug-likeness (QED) is 0.717. The number of aryl methyl sites for hydroxylation is 1. The highest BCUT2D eigenvalue weighted by atomic mass is 79.9. The van der Waals surface area contributed by atoms with Crippen LogP contribution in [0.2, 0.25) is 0 Å². The van der Waals surface area contributed by atoms with E-state index < -0.39 is 0 Å². The zero-order chi connectivity index (χ0) is 9.14. The van der Waals surface area contributed by atoms with Crippen LogP contribution in [-0.2, 0) is 0 Å². The Labute approximate surface area is 89.9 Å². The summed E-state index contributed by atoms with van der Waals surface area (Å²) in [7, 11) is 0. The first-order valence-electron chi connectivity index (χ1n) is 3.65. The molecule has 0 amide bonds. The Kier molecular flexibility index (Phi) is 3.53. The van der Waals surface area contributed by atoms with E-state index in [-0.39, 0.29) is 0 Å². The zero-order valence-electron chi connectivity index (χ0n) is 6.90. The molecule has 0 saturated carbocycles. The van der Waals surface area contributed by atoms with Crippen LogP contribution in [0.4, 0.5) is 0 Å². The number of allylic oxidation sites excluding steroid dienone is 1. The predicted molar refractivity (Wildman–Crippen MR) is 61.7 cm³/mol. The number of alkyl halides is 1. The minimum atomic E-state index is 0.829. The molecule has 0 aromatic heterocycles. The molecular formula is C10H10Br2. The van der Waals surface area contributed by atoms with E-state index in [0.29, 0.717) is 0 Å². The summed E-state index contributed by atoms with van der Waals surface area (Å²) in [6.45, 7) is 6.06. The molecule has 0 saturated heterocycles. The molecular weight excluding hydrogens is 280 g/mol. The van der Waals surface area contributed by atoms with E-state index in [1.165, 1.54) is 11.1 Å². The van der Waals surface area contributed by atoms with Crippen molar-refractivity contribution in [3.8, 4) is 0 Å². The van der Waals surface area contributed by atoms with Crippen LogP contribution in [-0.4, -0.2) is 5.33 Å². The minimum Gasteiger partial charge on any atom is -0.0944 e. The van der Waals surface area contributed by atoms with Crippen LogP contribution in [0.25, 0.3) is 5.57 Å². The second kappa shape index (κ2) is 4.24. The van der Waals surface area contributed by atoms with Crippen molar-refractivity contribution < 1.29 is 0 Å². The summed E-state index contributed by atoms with van der Waals surface area (Å²) in [4.78, 5) is 0. The lowest BCUT2D eigenvalue weighted by atomic mass is 10.0. The summed E-state index contributed by atoms with van der Waals surface area (Å²) in [6.07, 6.45) is 0. The van der Waals surface area contributed by atoms with E-state index in [1.807, 2.05) is 6.07 Å². The van der Waals surface area contributed by atoms with Crippen molar-refractivity contribution in [3.63, 3.8) is 0 Å². The maximum absolute atomic E-state index is 3.97. The Morgan fingerprint density at radius 3 is 2.67 bits per heavy atom. The standard InChI is InChI=1S/C10H10Br2/c1-7-5-9(12)3-4-10(7)8(2)6-11/h3-5H,2,6H2,1H3. The van der Waals surface area contributed by atoms with Crippen LogP contribution in [0.5, 0.6) is 0 Å². The van der Waals surface area contributed by atoms with E-state index >= 15 is 0 Å². The lowest BCUT2D eigenvalue weighted by molar-refractivity contribution is 1.40. The molecule has 0 atom stereocenters. The SMILES string of the molecule is C=C(CBr)c1ccc(Br)cc1C. The second-order valence-corrected chi connectivity index (χ2v) is 4.17. The van der Waals surface area contributed by atoms with Gasteiger partial charge in [0, 0.05) is 9.80 Å². The van der Waals surface area contributed by atoms with Crippen LogP contribution in [0.3, 0.4) is 0 Å². The molecule has 0 spiro atoms. The average molecular weight is 290 g/mol. The Morgan fingerprint density at radius 2 is 2.17 bits per heavy atom. The Morgan fingerprint density at radius 1 is 1.50 bits per heavy atom. The fourth-order valence-corrected chi connectivity index (χ4v) is 1.87. The zero-order valence-corrected chi connectivity index (χ0v) is 10.1. The highest BCUT2D eigenvalue weighted by Crippen LogP contribution is 2.22. The average Bonchev–Trinajstić information content (AvgIpc) is 2.03. The van der Waals surface area contributed by atoms with Gasteiger partial charge in [0.05, 0.1) is 0 Å². The highest BCUT2D eigenvalue weighted by Gasteiger charge is 2.01. The van der Waals surface area contributed by atoms with Gasteiger partial charge in [-0.1, -0.05) is 44.5 Å². The van der Waals surface area contributed by atoms with Crippen LogP contribution in [0, 0.1) is 6.92 Å². The summed E-state index contributed by atoms with van der Waals surface area (Å²) in [5.74, 6) is 0. The first-order chi connectivity index (χ1) is 5.65. The molecule has 1 rings (SSSR count). The molecule has 0 bridgehead atoms. The van der Waals surface area contributed by atoms with Gasteiger partial charge in [-0.2, -0.15) is 0 Å². The van der Waals surface area contributed by atoms with Crippen molar-refractivity contribution in [1.29, 1.82) is 0 Å². The third-order valence-electron chi connectivity index (χ3n) is 1.73. The number of benzene rings is 1. The smallest absolute Gasteiger partial charge is 0.0283 e. The van der Waals surface area contributed by atoms with E-state index in [2.05, 4.69) is 57.5 Å². The van der Waals surface area contributed by atoms with E-state index in [1.54, 1.807) is 0 Å². The summed E-state index contributed by atoms with van der Waals surface area (Å²) >= 11 is 6.82. The highest BCUT2D eigenvalue weighted by molar-refractivity contribution is 9.10. The lowest BCUT2D eigenvalue weighted by Crippen LogP contribution is -1.87. The summed E-state index contributed by atoms with van der Waals surface area (Å²) < 4.78 is 1.12. The normalized spacial score (nSPS) is 9.92. The molecule has 0 unspecified atom stereocenters. The van der Waals surface area contributed by atoms with Gasteiger partial charge in [0.15, 0.2) is 0 Å². The molecule has 0 aliphatic heterocycles. The van der Waals surface area contributed by atoms with Crippen molar-refractivity contribution in [2.45, 2.75) is 6.92 Å². The molecule has 0 radical (unpaired) electrons. The fourth-order valence-electron chi connectivity index (χ4n) is 1.10. The van der Waals surface area contributed by atoms with Crippen molar-refractivity contribution in [1.82, 2.24) is 0 Å². The third kappa shape index (κ3) is 2.20. The van der Waals surface area contributed by atoms with Crippen molar-refractivity contribution in [2.24, 2.45) is 0 Å². The molecule has 1 aromatic carbocycles. The van der Waals surface area contributed by atoms with Crippen LogP contribution >= 0.6 is 31.9 Å². The maximum atomic E-state index is 3.97.